The Balaban J connectivity index is 1.42. The van der Waals surface area contributed by atoms with E-state index in [1.165, 1.54) is 19.2 Å². The van der Waals surface area contributed by atoms with E-state index in [4.69, 9.17) is 9.72 Å². The van der Waals surface area contributed by atoms with Crippen molar-refractivity contribution in [3.8, 4) is 17.1 Å². The molecule has 0 aliphatic carbocycles. The van der Waals surface area contributed by atoms with E-state index in [9.17, 15) is 18.7 Å². The molecule has 1 saturated heterocycles. The summed E-state index contributed by atoms with van der Waals surface area (Å²) in [6.45, 7) is 0.648. The van der Waals surface area contributed by atoms with E-state index in [1.54, 1.807) is 29.0 Å². The number of halogens is 2. The van der Waals surface area contributed by atoms with Gasteiger partial charge in [-0.2, -0.15) is 5.10 Å². The van der Waals surface area contributed by atoms with Crippen molar-refractivity contribution in [2.75, 3.05) is 18.6 Å². The highest BCUT2D eigenvalue weighted by molar-refractivity contribution is 5.96. The summed E-state index contributed by atoms with van der Waals surface area (Å²) in [4.78, 5) is 26.1. The number of hydrogen-bond acceptors (Lipinski definition) is 6. The number of aromatic carboxylic acids is 1. The average Bonchev–Trinajstić information content (AvgIpc) is 3.61. The molecule has 0 unspecified atom stereocenters. The zero-order valence-electron chi connectivity index (χ0n) is 19.1. The molecule has 0 amide bonds. The third kappa shape index (κ3) is 3.51. The lowest BCUT2D eigenvalue weighted by molar-refractivity contribution is 0.0693. The van der Waals surface area contributed by atoms with Crippen LogP contribution in [0.15, 0.2) is 48.8 Å². The number of nitrogens with one attached hydrogen (secondary N) is 1. The summed E-state index contributed by atoms with van der Waals surface area (Å²) in [5.41, 5.74) is 2.51. The number of rotatable bonds is 5. The average molecular weight is 490 g/mol. The fourth-order valence-corrected chi connectivity index (χ4v) is 4.82. The van der Waals surface area contributed by atoms with Gasteiger partial charge in [-0.05, 0) is 43.2 Å². The van der Waals surface area contributed by atoms with Crippen LogP contribution in [0, 0.1) is 11.6 Å². The number of imidazole rings is 1. The number of carboxylic acids is 1. The van der Waals surface area contributed by atoms with Crippen molar-refractivity contribution in [3.05, 3.63) is 71.6 Å². The van der Waals surface area contributed by atoms with E-state index in [0.29, 0.717) is 52.4 Å². The molecule has 2 N–H and O–H groups in total. The largest absolute Gasteiger partial charge is 0.496 e. The number of aromatic amines is 1. The van der Waals surface area contributed by atoms with E-state index < -0.39 is 17.6 Å². The monoisotopic (exact) mass is 490 g/mol. The predicted octanol–water partition coefficient (Wildman–Crippen LogP) is 4.60. The number of anilines is 1. The highest BCUT2D eigenvalue weighted by atomic mass is 19.1. The van der Waals surface area contributed by atoms with Gasteiger partial charge in [-0.25, -0.2) is 28.1 Å². The zero-order chi connectivity index (χ0) is 25.0. The Hall–Kier alpha value is -4.54. The van der Waals surface area contributed by atoms with Crippen molar-refractivity contribution >= 4 is 28.5 Å². The Bertz CT molecular complexity index is 1650. The summed E-state index contributed by atoms with van der Waals surface area (Å²) in [6.07, 6.45) is 4.87. The fourth-order valence-electron chi connectivity index (χ4n) is 4.82. The summed E-state index contributed by atoms with van der Waals surface area (Å²) in [7, 11) is 1.40. The minimum Gasteiger partial charge on any atom is -0.496 e. The van der Waals surface area contributed by atoms with Gasteiger partial charge in [-0.3, -0.25) is 0 Å². The minimum absolute atomic E-state index is 0.0186. The van der Waals surface area contributed by atoms with Crippen molar-refractivity contribution in [2.24, 2.45) is 0 Å². The molecule has 5 aromatic rings. The number of carbonyl (C=O) groups is 1. The molecule has 0 bridgehead atoms. The molecule has 2 aromatic carbocycles. The molecule has 1 atom stereocenters. The first-order chi connectivity index (χ1) is 17.4. The Morgan fingerprint density at radius 1 is 1.19 bits per heavy atom. The number of ether oxygens (including phenoxy) is 1. The van der Waals surface area contributed by atoms with Gasteiger partial charge in [0.25, 0.3) is 0 Å². The maximum Gasteiger partial charge on any atom is 0.339 e. The van der Waals surface area contributed by atoms with Crippen molar-refractivity contribution in [1.82, 2.24) is 24.6 Å². The number of carboxylic acid groups (broad SMARTS) is 1. The highest BCUT2D eigenvalue weighted by Crippen LogP contribution is 2.37. The summed E-state index contributed by atoms with van der Waals surface area (Å²) >= 11 is 0. The first-order valence-electron chi connectivity index (χ1n) is 11.3. The molecule has 6 rings (SSSR count). The molecule has 1 fully saturated rings. The predicted molar refractivity (Wildman–Crippen MR) is 127 cm³/mol. The number of methoxy groups -OCH3 is 1. The minimum atomic E-state index is -1.11. The lowest BCUT2D eigenvalue weighted by Crippen LogP contribution is -2.24. The molecule has 0 saturated carbocycles. The van der Waals surface area contributed by atoms with Crippen molar-refractivity contribution < 1.29 is 23.4 Å². The van der Waals surface area contributed by atoms with E-state index >= 15 is 0 Å². The van der Waals surface area contributed by atoms with Gasteiger partial charge in [0, 0.05) is 24.4 Å². The van der Waals surface area contributed by atoms with Crippen LogP contribution in [-0.4, -0.2) is 49.3 Å². The standard InChI is InChI=1S/C25H20F2N6O3/c1-36-21-11-19-18(10-15(21)25(34)35)29-23(30-19)16-12-28-33-8-6-22(31-24(16)33)32-7-2-3-20(32)14-9-13(26)4-5-17(14)27/h4-6,8-12,20H,2-3,7H2,1H3,(H,29,30)(H,34,35)/t20-/m1/s1. The van der Waals surface area contributed by atoms with Gasteiger partial charge in [-0.15, -0.1) is 0 Å². The second-order valence-corrected chi connectivity index (χ2v) is 8.59. The number of nitrogens with zero attached hydrogens (tertiary/aromatic N) is 5. The Labute approximate surface area is 203 Å². The maximum absolute atomic E-state index is 14.5. The maximum atomic E-state index is 14.5. The lowest BCUT2D eigenvalue weighted by atomic mass is 10.0. The Morgan fingerprint density at radius 3 is 2.86 bits per heavy atom. The lowest BCUT2D eigenvalue weighted by Gasteiger charge is -2.26. The van der Waals surface area contributed by atoms with Crippen molar-refractivity contribution in [1.29, 1.82) is 0 Å². The fraction of sp³-hybridized carbons (Fsp3) is 0.200. The molecule has 9 nitrogen and oxygen atoms in total. The third-order valence-corrected chi connectivity index (χ3v) is 6.51. The number of H-pyrrole nitrogens is 1. The van der Waals surface area contributed by atoms with Crippen LogP contribution in [0.5, 0.6) is 5.75 Å². The second-order valence-electron chi connectivity index (χ2n) is 8.59. The first-order valence-corrected chi connectivity index (χ1v) is 11.3. The summed E-state index contributed by atoms with van der Waals surface area (Å²) in [5, 5.41) is 13.8. The molecule has 1 aliphatic rings. The third-order valence-electron chi connectivity index (χ3n) is 6.51. The van der Waals surface area contributed by atoms with Crippen molar-refractivity contribution in [2.45, 2.75) is 18.9 Å². The number of benzene rings is 2. The van der Waals surface area contributed by atoms with Gasteiger partial charge in [-0.1, -0.05) is 0 Å². The quantitative estimate of drug-likeness (QED) is 0.371. The highest BCUT2D eigenvalue weighted by Gasteiger charge is 2.30. The summed E-state index contributed by atoms with van der Waals surface area (Å²) in [5.74, 6) is -0.755. The molecule has 1 aliphatic heterocycles. The van der Waals surface area contributed by atoms with Gasteiger partial charge in [0.15, 0.2) is 5.65 Å². The molecule has 4 heterocycles. The van der Waals surface area contributed by atoms with Crippen molar-refractivity contribution in [3.63, 3.8) is 0 Å². The molecule has 3 aromatic heterocycles. The van der Waals surface area contributed by atoms with Crippen LogP contribution in [-0.2, 0) is 0 Å². The van der Waals surface area contributed by atoms with Gasteiger partial charge in [0.2, 0.25) is 0 Å². The van der Waals surface area contributed by atoms with Crippen LogP contribution in [0.1, 0.15) is 34.8 Å². The molecule has 182 valence electrons. The van der Waals surface area contributed by atoms with Gasteiger partial charge in [0.1, 0.15) is 34.6 Å². The van der Waals surface area contributed by atoms with E-state index in [-0.39, 0.29) is 17.4 Å². The number of aromatic nitrogens is 5. The normalized spacial score (nSPS) is 15.8. The zero-order valence-corrected chi connectivity index (χ0v) is 19.1. The number of fused-ring (bicyclic) bond motifs is 2. The van der Waals surface area contributed by atoms with E-state index in [0.717, 1.165) is 18.6 Å². The van der Waals surface area contributed by atoms with Crippen LogP contribution in [0.4, 0.5) is 14.6 Å². The topological polar surface area (TPSA) is 109 Å². The molecular weight excluding hydrogens is 470 g/mol. The van der Waals surface area contributed by atoms with Crippen LogP contribution < -0.4 is 9.64 Å². The summed E-state index contributed by atoms with van der Waals surface area (Å²) < 4.78 is 35.2. The number of hydrogen-bond donors (Lipinski definition) is 2. The Kier molecular flexibility index (Phi) is 5.06. The van der Waals surface area contributed by atoms with E-state index in [1.807, 2.05) is 4.90 Å². The molecule has 11 heteroatoms. The van der Waals surface area contributed by atoms with Gasteiger partial charge >= 0.3 is 5.97 Å². The molecule has 0 radical (unpaired) electrons. The van der Waals surface area contributed by atoms with Crippen LogP contribution >= 0.6 is 0 Å². The van der Waals surface area contributed by atoms with Crippen LogP contribution in [0.2, 0.25) is 0 Å². The Morgan fingerprint density at radius 2 is 2.06 bits per heavy atom. The van der Waals surface area contributed by atoms with E-state index in [2.05, 4.69) is 15.1 Å². The van der Waals surface area contributed by atoms with Gasteiger partial charge < -0.3 is 19.7 Å². The second kappa shape index (κ2) is 8.29. The van der Waals surface area contributed by atoms with Crippen LogP contribution in [0.25, 0.3) is 28.1 Å². The van der Waals surface area contributed by atoms with Gasteiger partial charge in [0.05, 0.1) is 35.9 Å². The first kappa shape index (κ1) is 22.0. The SMILES string of the molecule is COc1cc2nc(-c3cnn4ccc(N5CCC[C@@H]5c5cc(F)ccc5F)nc34)[nH]c2cc1C(=O)O. The molecule has 36 heavy (non-hydrogen) atoms. The smallest absolute Gasteiger partial charge is 0.339 e. The molecule has 0 spiro atoms. The summed E-state index contributed by atoms with van der Waals surface area (Å²) in [6, 6.07) is 8.00. The van der Waals surface area contributed by atoms with Crippen LogP contribution in [0.3, 0.4) is 0 Å². The molecular formula is C25H20F2N6O3.